The van der Waals surface area contributed by atoms with E-state index in [0.29, 0.717) is 6.04 Å². The minimum Gasteiger partial charge on any atom is -0.316 e. The van der Waals surface area contributed by atoms with Gasteiger partial charge in [-0.15, -0.1) is 0 Å². The Hall–Kier alpha value is -0.830. The van der Waals surface area contributed by atoms with Gasteiger partial charge in [0.05, 0.1) is 5.69 Å². The zero-order valence-corrected chi connectivity index (χ0v) is 12.9. The minimum atomic E-state index is 0.605. The van der Waals surface area contributed by atoms with Crippen LogP contribution in [0.2, 0.25) is 0 Å². The zero-order chi connectivity index (χ0) is 13.8. The molecular formula is C16H29N3. The molecule has 0 aliphatic heterocycles. The summed E-state index contributed by atoms with van der Waals surface area (Å²) in [5.41, 5.74) is 2.53. The van der Waals surface area contributed by atoms with E-state index in [4.69, 9.17) is 0 Å². The third kappa shape index (κ3) is 3.59. The van der Waals surface area contributed by atoms with Crippen LogP contribution in [0.3, 0.4) is 0 Å². The van der Waals surface area contributed by atoms with E-state index >= 15 is 0 Å². The number of likely N-dealkylation sites (N-methyl/N-ethyl adjacent to an activating group) is 1. The maximum absolute atomic E-state index is 4.56. The van der Waals surface area contributed by atoms with Gasteiger partial charge in [0, 0.05) is 24.7 Å². The van der Waals surface area contributed by atoms with Crippen molar-refractivity contribution < 1.29 is 0 Å². The molecule has 0 amide bonds. The van der Waals surface area contributed by atoms with Crippen LogP contribution in [0.5, 0.6) is 0 Å². The van der Waals surface area contributed by atoms with Crippen LogP contribution < -0.4 is 5.32 Å². The topological polar surface area (TPSA) is 29.9 Å². The first-order valence-electron chi connectivity index (χ1n) is 7.84. The van der Waals surface area contributed by atoms with E-state index in [1.165, 1.54) is 31.4 Å². The normalized spacial score (nSPS) is 25.5. The van der Waals surface area contributed by atoms with Gasteiger partial charge in [-0.2, -0.15) is 5.10 Å². The molecule has 0 spiro atoms. The molecular weight excluding hydrogens is 234 g/mol. The van der Waals surface area contributed by atoms with Crippen molar-refractivity contribution in [3.63, 3.8) is 0 Å². The number of hydrogen-bond acceptors (Lipinski definition) is 2. The molecule has 1 aromatic heterocycles. The fourth-order valence-electron chi connectivity index (χ4n) is 3.46. The molecule has 0 aromatic carbocycles. The Balaban J connectivity index is 2.02. The van der Waals surface area contributed by atoms with Gasteiger partial charge in [-0.1, -0.05) is 19.8 Å². The molecule has 1 atom stereocenters. The highest BCUT2D eigenvalue weighted by Gasteiger charge is 2.26. The molecule has 0 saturated heterocycles. The Morgan fingerprint density at radius 2 is 2.05 bits per heavy atom. The summed E-state index contributed by atoms with van der Waals surface area (Å²) >= 11 is 0. The fourth-order valence-corrected chi connectivity index (χ4v) is 3.46. The van der Waals surface area contributed by atoms with E-state index in [1.54, 1.807) is 0 Å². The molecule has 19 heavy (non-hydrogen) atoms. The summed E-state index contributed by atoms with van der Waals surface area (Å²) in [5, 5.41) is 8.12. The van der Waals surface area contributed by atoms with Gasteiger partial charge in [-0.3, -0.25) is 4.68 Å². The molecule has 1 N–H and O–H groups in total. The van der Waals surface area contributed by atoms with Crippen LogP contribution in [0.15, 0.2) is 6.07 Å². The SMILES string of the molecule is CCn1nc(C)cc1CC(NC)C1CCC(C)CC1. The van der Waals surface area contributed by atoms with Crippen LogP contribution >= 0.6 is 0 Å². The summed E-state index contributed by atoms with van der Waals surface area (Å²) in [6.07, 6.45) is 6.67. The molecule has 1 aromatic rings. The fraction of sp³-hybridized carbons (Fsp3) is 0.812. The molecule has 2 rings (SSSR count). The largest absolute Gasteiger partial charge is 0.316 e. The van der Waals surface area contributed by atoms with Gasteiger partial charge in [0.25, 0.3) is 0 Å². The number of nitrogens with zero attached hydrogens (tertiary/aromatic N) is 2. The number of aromatic nitrogens is 2. The van der Waals surface area contributed by atoms with Crippen LogP contribution in [0.25, 0.3) is 0 Å². The number of rotatable bonds is 5. The highest BCUT2D eigenvalue weighted by atomic mass is 15.3. The highest BCUT2D eigenvalue weighted by molar-refractivity contribution is 5.11. The second-order valence-corrected chi connectivity index (χ2v) is 6.21. The van der Waals surface area contributed by atoms with Crippen molar-refractivity contribution in [2.24, 2.45) is 11.8 Å². The first-order chi connectivity index (χ1) is 9.13. The molecule has 1 unspecified atom stereocenters. The monoisotopic (exact) mass is 263 g/mol. The van der Waals surface area contributed by atoms with Crippen LogP contribution in [0.4, 0.5) is 0 Å². The van der Waals surface area contributed by atoms with Crippen molar-refractivity contribution in [3.05, 3.63) is 17.5 Å². The van der Waals surface area contributed by atoms with E-state index in [1.807, 2.05) is 0 Å². The molecule has 1 heterocycles. The Morgan fingerprint density at radius 3 is 2.63 bits per heavy atom. The second kappa shape index (κ2) is 6.56. The summed E-state index contributed by atoms with van der Waals surface area (Å²) < 4.78 is 2.16. The average Bonchev–Trinajstić information content (AvgIpc) is 2.77. The van der Waals surface area contributed by atoms with E-state index < -0.39 is 0 Å². The first-order valence-corrected chi connectivity index (χ1v) is 7.84. The zero-order valence-electron chi connectivity index (χ0n) is 12.9. The highest BCUT2D eigenvalue weighted by Crippen LogP contribution is 2.31. The summed E-state index contributed by atoms with van der Waals surface area (Å²) in [7, 11) is 2.11. The second-order valence-electron chi connectivity index (χ2n) is 6.21. The lowest BCUT2D eigenvalue weighted by atomic mass is 9.78. The number of nitrogens with one attached hydrogen (secondary N) is 1. The van der Waals surface area contributed by atoms with Crippen molar-refractivity contribution in [1.29, 1.82) is 0 Å². The molecule has 3 heteroatoms. The lowest BCUT2D eigenvalue weighted by Crippen LogP contribution is -2.38. The molecule has 0 radical (unpaired) electrons. The lowest BCUT2D eigenvalue weighted by Gasteiger charge is -2.32. The standard InChI is InChI=1S/C16H29N3/c1-5-19-15(10-13(3)18-19)11-16(17-4)14-8-6-12(2)7-9-14/h10,12,14,16-17H,5-9,11H2,1-4H3. The van der Waals surface area contributed by atoms with Gasteiger partial charge in [-0.05, 0) is 51.6 Å². The molecule has 3 nitrogen and oxygen atoms in total. The van der Waals surface area contributed by atoms with Gasteiger partial charge in [0.2, 0.25) is 0 Å². The molecule has 108 valence electrons. The van der Waals surface area contributed by atoms with E-state index in [-0.39, 0.29) is 0 Å². The molecule has 1 aliphatic rings. The van der Waals surface area contributed by atoms with Crippen LogP contribution in [-0.2, 0) is 13.0 Å². The Bertz CT molecular complexity index is 389. The predicted octanol–water partition coefficient (Wildman–Crippen LogP) is 3.17. The van der Waals surface area contributed by atoms with Gasteiger partial charge < -0.3 is 5.32 Å². The molecule has 1 aliphatic carbocycles. The number of hydrogen-bond donors (Lipinski definition) is 1. The van der Waals surface area contributed by atoms with Crippen molar-refractivity contribution in [2.75, 3.05) is 7.05 Å². The van der Waals surface area contributed by atoms with Crippen molar-refractivity contribution >= 4 is 0 Å². The van der Waals surface area contributed by atoms with Gasteiger partial charge >= 0.3 is 0 Å². The number of aryl methyl sites for hydroxylation is 2. The summed E-state index contributed by atoms with van der Waals surface area (Å²) in [5.74, 6) is 1.76. The van der Waals surface area contributed by atoms with Gasteiger partial charge in [0.1, 0.15) is 0 Å². The Labute approximate surface area is 117 Å². The third-order valence-electron chi connectivity index (χ3n) is 4.71. The van der Waals surface area contributed by atoms with Crippen molar-refractivity contribution in [3.8, 4) is 0 Å². The van der Waals surface area contributed by atoms with Crippen LogP contribution in [0, 0.1) is 18.8 Å². The Kier molecular flexibility index (Phi) is 5.03. The van der Waals surface area contributed by atoms with E-state index in [2.05, 4.69) is 49.0 Å². The van der Waals surface area contributed by atoms with Crippen LogP contribution in [-0.4, -0.2) is 22.9 Å². The van der Waals surface area contributed by atoms with Gasteiger partial charge in [0.15, 0.2) is 0 Å². The first kappa shape index (κ1) is 14.6. The molecule has 0 bridgehead atoms. The summed E-state index contributed by atoms with van der Waals surface area (Å²) in [6.45, 7) is 7.63. The lowest BCUT2D eigenvalue weighted by molar-refractivity contribution is 0.233. The molecule has 1 saturated carbocycles. The average molecular weight is 263 g/mol. The summed E-state index contributed by atoms with van der Waals surface area (Å²) in [6, 6.07) is 2.85. The predicted molar refractivity (Wildman–Crippen MR) is 80.3 cm³/mol. The third-order valence-corrected chi connectivity index (χ3v) is 4.71. The summed E-state index contributed by atoms with van der Waals surface area (Å²) in [4.78, 5) is 0. The van der Waals surface area contributed by atoms with E-state index in [9.17, 15) is 0 Å². The smallest absolute Gasteiger partial charge is 0.0596 e. The van der Waals surface area contributed by atoms with E-state index in [0.717, 1.165) is 30.5 Å². The van der Waals surface area contributed by atoms with Crippen molar-refractivity contribution in [2.45, 2.75) is 65.5 Å². The van der Waals surface area contributed by atoms with Crippen molar-refractivity contribution in [1.82, 2.24) is 15.1 Å². The Morgan fingerprint density at radius 1 is 1.37 bits per heavy atom. The molecule has 1 fully saturated rings. The maximum Gasteiger partial charge on any atom is 0.0596 e. The quantitative estimate of drug-likeness (QED) is 0.884. The van der Waals surface area contributed by atoms with Crippen LogP contribution in [0.1, 0.15) is 50.9 Å². The minimum absolute atomic E-state index is 0.605. The maximum atomic E-state index is 4.56. The van der Waals surface area contributed by atoms with Gasteiger partial charge in [-0.25, -0.2) is 0 Å².